The van der Waals surface area contributed by atoms with Crippen LogP contribution >= 0.6 is 0 Å². The van der Waals surface area contributed by atoms with Gasteiger partial charge in [-0.25, -0.2) is 4.98 Å². The Balaban J connectivity index is 1.17. The molecule has 2 heterocycles. The summed E-state index contributed by atoms with van der Waals surface area (Å²) < 4.78 is 5.41. The third kappa shape index (κ3) is 16.8. The minimum absolute atomic E-state index is 0.00241. The molecule has 0 bridgehead atoms. The van der Waals surface area contributed by atoms with Crippen LogP contribution in [-0.4, -0.2) is 184 Å². The lowest BCUT2D eigenvalue weighted by molar-refractivity contribution is -0.137. The lowest BCUT2D eigenvalue weighted by Gasteiger charge is -2.39. The number of nitrogens with two attached hydrogens (primary N) is 2. The van der Waals surface area contributed by atoms with Crippen molar-refractivity contribution in [2.75, 3.05) is 59.2 Å². The number of morpholine rings is 1. The summed E-state index contributed by atoms with van der Waals surface area (Å²) in [5.74, 6) is -6.60. The summed E-state index contributed by atoms with van der Waals surface area (Å²) in [5, 5.41) is 52.7. The second-order valence-corrected chi connectivity index (χ2v) is 21.5. The van der Waals surface area contributed by atoms with E-state index in [-0.39, 0.29) is 56.9 Å². The molecule has 1 aromatic heterocycles. The number of nitrogens with one attached hydrogen (secondary N) is 9. The third-order valence-electron chi connectivity index (χ3n) is 15.1. The van der Waals surface area contributed by atoms with Crippen molar-refractivity contribution in [3.63, 3.8) is 0 Å². The molecule has 1 aliphatic heterocycles. The molecule has 4 aliphatic rings. The Hall–Kier alpha value is -7.00. The number of ketones is 1. The van der Waals surface area contributed by atoms with Crippen molar-refractivity contribution in [3.05, 3.63) is 64.6 Å². The summed E-state index contributed by atoms with van der Waals surface area (Å²) in [7, 11) is 0. The van der Waals surface area contributed by atoms with Crippen molar-refractivity contribution in [3.8, 4) is 0 Å². The first-order chi connectivity index (χ1) is 38.0. The van der Waals surface area contributed by atoms with Crippen LogP contribution < -0.4 is 54.0 Å². The van der Waals surface area contributed by atoms with E-state index in [4.69, 9.17) is 16.2 Å². The minimum atomic E-state index is -1.69. The first-order valence-electron chi connectivity index (χ1n) is 27.4. The molecule has 442 valence electrons. The van der Waals surface area contributed by atoms with Crippen LogP contribution in [0.5, 0.6) is 0 Å². The number of aromatic amines is 1. The number of Topliss-reactive ketones (excluding diaryl/α,β-unsaturated/α-hetero) is 1. The second-order valence-electron chi connectivity index (χ2n) is 21.5. The quantitative estimate of drug-likeness (QED) is 0.0318. The van der Waals surface area contributed by atoms with Gasteiger partial charge in [0.05, 0.1) is 45.1 Å². The van der Waals surface area contributed by atoms with E-state index in [0.29, 0.717) is 69.1 Å². The number of imidazole rings is 1. The number of nitrogens with zero attached hydrogens (tertiary/aromatic N) is 2. The first-order valence-corrected chi connectivity index (χ1v) is 27.4. The zero-order valence-corrected chi connectivity index (χ0v) is 46.6. The van der Waals surface area contributed by atoms with E-state index < -0.39 is 114 Å². The second kappa shape index (κ2) is 29.5. The van der Waals surface area contributed by atoms with Gasteiger partial charge in [0.25, 0.3) is 0 Å². The molecule has 5 rings (SSSR count). The molecule has 3 aliphatic carbocycles. The molecule has 0 unspecified atom stereocenters. The zero-order chi connectivity index (χ0) is 58.9. The molecule has 80 heavy (non-hydrogen) atoms. The van der Waals surface area contributed by atoms with Crippen LogP contribution in [0.25, 0.3) is 0 Å². The highest BCUT2D eigenvalue weighted by Crippen LogP contribution is 2.65. The average molecular weight is 1120 g/mol. The number of aliphatic hydroxyl groups is 3. The molecule has 1 saturated heterocycles. The molecule has 1 saturated carbocycles. The summed E-state index contributed by atoms with van der Waals surface area (Å²) in [6.07, 6.45) is 7.57. The van der Waals surface area contributed by atoms with Crippen molar-refractivity contribution in [2.45, 2.75) is 147 Å². The molecule has 26 nitrogen and oxygen atoms in total. The van der Waals surface area contributed by atoms with Gasteiger partial charge < -0.3 is 83.9 Å². The Morgan fingerprint density at radius 2 is 1.38 bits per heavy atom. The Kier molecular flexibility index (Phi) is 23.5. The van der Waals surface area contributed by atoms with Crippen LogP contribution in [0, 0.1) is 11.3 Å². The number of aromatic nitrogens is 2. The van der Waals surface area contributed by atoms with E-state index in [0.717, 1.165) is 35.1 Å². The number of hydrogen-bond acceptors (Lipinski definition) is 17. The van der Waals surface area contributed by atoms with Crippen molar-refractivity contribution < 1.29 is 63.2 Å². The lowest BCUT2D eigenvalue weighted by atomic mass is 9.67. The highest BCUT2D eigenvalue weighted by Gasteiger charge is 2.65. The number of allylic oxidation sites excluding steroid dienone is 4. The summed E-state index contributed by atoms with van der Waals surface area (Å²) in [4.78, 5) is 130. The Labute approximate surface area is 465 Å². The SMILES string of the molecule is C=C(N[C@@H](Cc1cnc[nH]1)C(=O)N[C@@H](CO)C(=O)N[C@@H](CO)C(=O)N[C@@H](CCCCN)C(=O)N[C@@H](CC(C)C)C(=O)N[C@@H](CCC(N)=O)C(=O)NCC(=O)NCCCC1=C(C)C=C2C(=O)[C@](C)(O)C3(CC3)C(C)=C21)N1CCOCC1. The van der Waals surface area contributed by atoms with Gasteiger partial charge in [0, 0.05) is 55.4 Å². The molecule has 0 aromatic carbocycles. The number of carbonyl (C=O) groups excluding carboxylic acids is 9. The van der Waals surface area contributed by atoms with Crippen molar-refractivity contribution >= 4 is 53.0 Å². The average Bonchev–Trinajstić information content (AvgIpc) is 3.97. The van der Waals surface area contributed by atoms with Gasteiger partial charge in [-0.05, 0) is 114 Å². The maximum atomic E-state index is 14.1. The fourth-order valence-corrected chi connectivity index (χ4v) is 10.3. The number of fused-ring (bicyclic) bond motifs is 1. The number of carbonyl (C=O) groups is 9. The van der Waals surface area contributed by atoms with E-state index >= 15 is 0 Å². The van der Waals surface area contributed by atoms with Crippen LogP contribution in [0.4, 0.5) is 0 Å². The van der Waals surface area contributed by atoms with E-state index in [2.05, 4.69) is 59.1 Å². The molecule has 2 fully saturated rings. The molecular weight excluding hydrogens is 1040 g/mol. The maximum Gasteiger partial charge on any atom is 0.245 e. The van der Waals surface area contributed by atoms with Gasteiger partial charge in [-0.15, -0.1) is 0 Å². The summed E-state index contributed by atoms with van der Waals surface area (Å²) in [5.41, 5.74) is 14.0. The number of rotatable bonds is 33. The van der Waals surface area contributed by atoms with Gasteiger partial charge in [0.1, 0.15) is 41.9 Å². The molecule has 26 heteroatoms. The normalized spacial score (nSPS) is 19.6. The van der Waals surface area contributed by atoms with Gasteiger partial charge in [-0.1, -0.05) is 26.0 Å². The van der Waals surface area contributed by atoms with Crippen LogP contribution in [0.15, 0.2) is 58.9 Å². The fraction of sp³-hybridized carbons (Fsp3) is 0.630. The minimum Gasteiger partial charge on any atom is -0.394 e. The predicted molar refractivity (Wildman–Crippen MR) is 291 cm³/mol. The smallest absolute Gasteiger partial charge is 0.245 e. The van der Waals surface area contributed by atoms with Gasteiger partial charge >= 0.3 is 0 Å². The topological polar surface area (TPSA) is 404 Å². The Morgan fingerprint density at radius 1 is 0.800 bits per heavy atom. The number of aliphatic hydroxyl groups excluding tert-OH is 2. The van der Waals surface area contributed by atoms with Crippen LogP contribution in [-0.2, 0) is 54.3 Å². The summed E-state index contributed by atoms with van der Waals surface area (Å²) >= 11 is 0. The fourth-order valence-electron chi connectivity index (χ4n) is 10.3. The monoisotopic (exact) mass is 1120 g/mol. The molecule has 0 radical (unpaired) electrons. The Bertz CT molecular complexity index is 2530. The molecule has 16 N–H and O–H groups in total. The molecule has 1 spiro atoms. The highest BCUT2D eigenvalue weighted by molar-refractivity contribution is 6.11. The number of unbranched alkanes of at least 4 members (excludes halogenated alkanes) is 1. The third-order valence-corrected chi connectivity index (χ3v) is 15.1. The van der Waals surface area contributed by atoms with Crippen LogP contribution in [0.3, 0.4) is 0 Å². The van der Waals surface area contributed by atoms with Crippen LogP contribution in [0.2, 0.25) is 0 Å². The number of ether oxygens (including phenoxy) is 1. The predicted octanol–water partition coefficient (Wildman–Crippen LogP) is -2.74. The van der Waals surface area contributed by atoms with Gasteiger partial charge in [-0.3, -0.25) is 43.2 Å². The van der Waals surface area contributed by atoms with Crippen molar-refractivity contribution in [1.82, 2.24) is 57.4 Å². The largest absolute Gasteiger partial charge is 0.394 e. The highest BCUT2D eigenvalue weighted by atomic mass is 16.5. The van der Waals surface area contributed by atoms with E-state index in [9.17, 15) is 58.5 Å². The molecular formula is C54H83N13O13. The number of amides is 8. The van der Waals surface area contributed by atoms with E-state index in [1.165, 1.54) is 12.5 Å². The molecule has 1 aromatic rings. The summed E-state index contributed by atoms with van der Waals surface area (Å²) in [6, 6.07) is -8.34. The van der Waals surface area contributed by atoms with Crippen molar-refractivity contribution in [1.29, 1.82) is 0 Å². The van der Waals surface area contributed by atoms with Crippen molar-refractivity contribution in [2.24, 2.45) is 22.8 Å². The Morgan fingerprint density at radius 3 is 1.94 bits per heavy atom. The molecule has 8 amide bonds. The summed E-state index contributed by atoms with van der Waals surface area (Å²) in [6.45, 7) is 13.2. The van der Waals surface area contributed by atoms with Crippen LogP contribution in [0.1, 0.15) is 105 Å². The molecule has 7 atom stereocenters. The number of primary amides is 1. The van der Waals surface area contributed by atoms with Gasteiger partial charge in [-0.2, -0.15) is 0 Å². The number of hydrogen-bond donors (Lipinski definition) is 14. The number of H-pyrrole nitrogens is 1. The van der Waals surface area contributed by atoms with E-state index in [1.54, 1.807) is 20.8 Å². The van der Waals surface area contributed by atoms with E-state index in [1.807, 2.05) is 24.8 Å². The maximum absolute atomic E-state index is 14.1. The standard InChI is InChI=1S/C54H83N13O13/c1-30(2)22-39(49(75)63-38(12-13-43(56)70)47(73)59-26-44(71)58-17-9-10-35-31(3)23-36-45(35)32(4)54(14-15-54)53(6,79)46(36)72)64-48(74)37(11-7-8-16-55)62-51(77)41(27-68)66-52(78)42(28-69)65-50(76)40(24-34-25-57-29-60-34)61-33(5)67-18-20-80-21-19-67/h23,25,29-30,37-42,61,68-69,79H,5,7-22,24,26-28,55H2,1-4,6H3,(H2,56,70)(H,57,60)(H,58,71)(H,59,73)(H,62,77)(H,63,75)(H,64,74)(H,65,76)(H,66,78)/t37-,38-,39-,40-,41-,42-,53-/m0/s1. The van der Waals surface area contributed by atoms with Gasteiger partial charge in [0.15, 0.2) is 5.78 Å². The first kappa shape index (κ1) is 63.8. The lowest BCUT2D eigenvalue weighted by Crippen LogP contribution is -2.61. The van der Waals surface area contributed by atoms with Gasteiger partial charge in [0.2, 0.25) is 47.3 Å². The zero-order valence-electron chi connectivity index (χ0n) is 46.6.